The molecule has 1 aromatic heterocycles. The molecule has 3 nitrogen and oxygen atoms in total. The van der Waals surface area contributed by atoms with E-state index in [0.29, 0.717) is 10.8 Å². The number of aromatic nitrogens is 2. The van der Waals surface area contributed by atoms with Gasteiger partial charge in [0.25, 0.3) is 0 Å². The van der Waals surface area contributed by atoms with E-state index in [0.717, 1.165) is 54.5 Å². The Kier molecular flexibility index (Phi) is 5.56. The third-order valence-electron chi connectivity index (χ3n) is 10.6. The van der Waals surface area contributed by atoms with Crippen molar-refractivity contribution in [2.24, 2.45) is 40.4 Å². The molecule has 1 aromatic rings. The van der Waals surface area contributed by atoms with Crippen molar-refractivity contribution < 1.29 is 5.11 Å². The molecule has 0 unspecified atom stereocenters. The van der Waals surface area contributed by atoms with Crippen LogP contribution in [-0.4, -0.2) is 21.2 Å². The van der Waals surface area contributed by atoms with Crippen molar-refractivity contribution in [3.63, 3.8) is 0 Å². The number of aryl methyl sites for hydroxylation is 2. The second-order valence-corrected chi connectivity index (χ2v) is 12.1. The molecule has 0 spiro atoms. The van der Waals surface area contributed by atoms with Gasteiger partial charge in [0.2, 0.25) is 0 Å². The van der Waals surface area contributed by atoms with Crippen LogP contribution in [0.1, 0.15) is 89.9 Å². The van der Waals surface area contributed by atoms with Crippen LogP contribution >= 0.6 is 0 Å². The Morgan fingerprint density at radius 1 is 1.10 bits per heavy atom. The molecular formula is C28H42N2O. The molecular weight excluding hydrogens is 380 g/mol. The van der Waals surface area contributed by atoms with E-state index in [9.17, 15) is 5.11 Å². The van der Waals surface area contributed by atoms with Crippen LogP contribution in [0.5, 0.6) is 0 Å². The predicted molar refractivity (Wildman–Crippen MR) is 125 cm³/mol. The van der Waals surface area contributed by atoms with Crippen LogP contribution in [0.3, 0.4) is 0 Å². The van der Waals surface area contributed by atoms with E-state index in [1.165, 1.54) is 50.6 Å². The van der Waals surface area contributed by atoms with Crippen molar-refractivity contribution in [1.82, 2.24) is 9.97 Å². The number of rotatable bonds is 4. The van der Waals surface area contributed by atoms with E-state index >= 15 is 0 Å². The van der Waals surface area contributed by atoms with E-state index in [1.54, 1.807) is 11.9 Å². The zero-order valence-electron chi connectivity index (χ0n) is 20.1. The highest BCUT2D eigenvalue weighted by molar-refractivity contribution is 5.25. The summed E-state index contributed by atoms with van der Waals surface area (Å²) in [6.45, 7) is 9.78. The fraction of sp³-hybridized carbons (Fsp3) is 0.786. The molecule has 31 heavy (non-hydrogen) atoms. The number of aliphatic hydroxyl groups is 1. The monoisotopic (exact) mass is 422 g/mol. The average molecular weight is 423 g/mol. The highest BCUT2D eigenvalue weighted by atomic mass is 16.3. The zero-order valence-corrected chi connectivity index (χ0v) is 20.1. The summed E-state index contributed by atoms with van der Waals surface area (Å²) in [7, 11) is 0. The van der Waals surface area contributed by atoms with E-state index < -0.39 is 0 Å². The Labute approximate surface area is 189 Å². The highest BCUT2D eigenvalue weighted by Crippen LogP contribution is 2.67. The lowest BCUT2D eigenvalue weighted by Crippen LogP contribution is -2.50. The molecule has 3 fully saturated rings. The summed E-state index contributed by atoms with van der Waals surface area (Å²) in [4.78, 5) is 8.76. The first-order chi connectivity index (χ1) is 14.8. The molecule has 0 radical (unpaired) electrons. The first kappa shape index (κ1) is 21.6. The molecule has 4 aliphatic carbocycles. The van der Waals surface area contributed by atoms with Crippen molar-refractivity contribution in [3.8, 4) is 0 Å². The number of allylic oxidation sites excluding steroid dienone is 1. The van der Waals surface area contributed by atoms with Gasteiger partial charge in [-0.1, -0.05) is 32.4 Å². The summed E-state index contributed by atoms with van der Waals surface area (Å²) in [5.74, 6) is 4.21. The van der Waals surface area contributed by atoms with Gasteiger partial charge < -0.3 is 5.11 Å². The van der Waals surface area contributed by atoms with Gasteiger partial charge >= 0.3 is 0 Å². The van der Waals surface area contributed by atoms with Crippen LogP contribution in [-0.2, 0) is 6.42 Å². The second kappa shape index (κ2) is 7.97. The van der Waals surface area contributed by atoms with Gasteiger partial charge in [-0.05, 0) is 118 Å². The lowest BCUT2D eigenvalue weighted by molar-refractivity contribution is -0.0571. The maximum absolute atomic E-state index is 10.2. The maximum atomic E-state index is 10.2. The Morgan fingerprint density at radius 3 is 2.74 bits per heavy atom. The number of nitrogens with zero attached hydrogens (tertiary/aromatic N) is 2. The molecule has 0 aromatic carbocycles. The van der Waals surface area contributed by atoms with Crippen molar-refractivity contribution in [2.45, 2.75) is 98.0 Å². The first-order valence-corrected chi connectivity index (χ1v) is 13.0. The lowest BCUT2D eigenvalue weighted by atomic mass is 9.47. The maximum Gasteiger partial charge on any atom is 0.115 e. The van der Waals surface area contributed by atoms with Crippen LogP contribution in [0.15, 0.2) is 24.0 Å². The van der Waals surface area contributed by atoms with Crippen LogP contribution in [0.4, 0.5) is 0 Å². The van der Waals surface area contributed by atoms with Gasteiger partial charge in [-0.3, -0.25) is 0 Å². The summed E-state index contributed by atoms with van der Waals surface area (Å²) in [5.41, 5.74) is 4.76. The lowest BCUT2D eigenvalue weighted by Gasteiger charge is -2.58. The SMILES string of the molecule is Cc1cc(CC[C@@H](C)[C@H]2CC[C@H]3[C@@H]4CC=C5C[C@@H](O)CC[C@]5(C)[C@H]4CC[C@]23C)ncn1. The minimum atomic E-state index is -0.0971. The van der Waals surface area contributed by atoms with Crippen LogP contribution in [0, 0.1) is 47.3 Å². The Balaban J connectivity index is 1.31. The predicted octanol–water partition coefficient (Wildman–Crippen LogP) is 6.29. The molecule has 0 aliphatic heterocycles. The Morgan fingerprint density at radius 2 is 1.94 bits per heavy atom. The molecule has 3 saturated carbocycles. The number of hydrogen-bond donors (Lipinski definition) is 1. The van der Waals surface area contributed by atoms with E-state index in [2.05, 4.69) is 49.8 Å². The third kappa shape index (κ3) is 3.59. The fourth-order valence-corrected chi connectivity index (χ4v) is 8.84. The number of hydrogen-bond acceptors (Lipinski definition) is 3. The van der Waals surface area contributed by atoms with Gasteiger partial charge in [-0.2, -0.15) is 0 Å². The van der Waals surface area contributed by atoms with Gasteiger partial charge in [0.1, 0.15) is 6.33 Å². The molecule has 8 atom stereocenters. The van der Waals surface area contributed by atoms with Gasteiger partial charge in [0.05, 0.1) is 6.10 Å². The van der Waals surface area contributed by atoms with Crippen LogP contribution in [0.25, 0.3) is 0 Å². The number of aliphatic hydroxyl groups excluding tert-OH is 1. The first-order valence-electron chi connectivity index (χ1n) is 13.0. The minimum Gasteiger partial charge on any atom is -0.393 e. The van der Waals surface area contributed by atoms with Crippen LogP contribution in [0.2, 0.25) is 0 Å². The molecule has 4 aliphatic rings. The molecule has 170 valence electrons. The molecule has 0 amide bonds. The van der Waals surface area contributed by atoms with E-state index in [4.69, 9.17) is 0 Å². The minimum absolute atomic E-state index is 0.0971. The van der Waals surface area contributed by atoms with Crippen molar-refractivity contribution in [2.75, 3.05) is 0 Å². The average Bonchev–Trinajstić information content (AvgIpc) is 3.10. The summed E-state index contributed by atoms with van der Waals surface area (Å²) < 4.78 is 0. The second-order valence-electron chi connectivity index (χ2n) is 12.1. The van der Waals surface area contributed by atoms with Crippen molar-refractivity contribution in [3.05, 3.63) is 35.4 Å². The third-order valence-corrected chi connectivity index (χ3v) is 10.6. The van der Waals surface area contributed by atoms with Crippen LogP contribution < -0.4 is 0 Å². The quantitative estimate of drug-likeness (QED) is 0.580. The molecule has 0 saturated heterocycles. The van der Waals surface area contributed by atoms with Gasteiger partial charge in [-0.15, -0.1) is 0 Å². The van der Waals surface area contributed by atoms with E-state index in [1.807, 2.05) is 0 Å². The highest BCUT2D eigenvalue weighted by Gasteiger charge is 2.59. The molecule has 5 rings (SSSR count). The topological polar surface area (TPSA) is 46.0 Å². The zero-order chi connectivity index (χ0) is 21.8. The number of fused-ring (bicyclic) bond motifs is 5. The summed E-state index contributed by atoms with van der Waals surface area (Å²) >= 11 is 0. The van der Waals surface area contributed by atoms with Gasteiger partial charge in [0, 0.05) is 11.4 Å². The summed E-state index contributed by atoms with van der Waals surface area (Å²) in [5, 5.41) is 10.2. The standard InChI is InChI=1S/C28H42N2O/c1-18(5-7-21-15-19(2)29-17-30-21)24-9-10-25-23-8-6-20-16-22(31)11-13-27(20,3)26(23)12-14-28(24,25)4/h6,15,17-18,22-26,31H,5,7-14,16H2,1-4H3/t18-,22+,23+,24-,25+,26+,27+,28-/m1/s1. The van der Waals surface area contributed by atoms with E-state index in [-0.39, 0.29) is 6.10 Å². The molecule has 0 bridgehead atoms. The smallest absolute Gasteiger partial charge is 0.115 e. The summed E-state index contributed by atoms with van der Waals surface area (Å²) in [6.07, 6.45) is 16.6. The normalized spacial score (nSPS) is 42.9. The fourth-order valence-electron chi connectivity index (χ4n) is 8.84. The largest absolute Gasteiger partial charge is 0.393 e. The van der Waals surface area contributed by atoms with Crippen molar-refractivity contribution >= 4 is 0 Å². The Bertz CT molecular complexity index is 849. The molecule has 3 heteroatoms. The van der Waals surface area contributed by atoms with Crippen molar-refractivity contribution in [1.29, 1.82) is 0 Å². The Hall–Kier alpha value is -1.22. The summed E-state index contributed by atoms with van der Waals surface area (Å²) in [6, 6.07) is 2.16. The van der Waals surface area contributed by atoms with Gasteiger partial charge in [0.15, 0.2) is 0 Å². The van der Waals surface area contributed by atoms with Gasteiger partial charge in [-0.25, -0.2) is 9.97 Å². The molecule has 1 N–H and O–H groups in total. The molecule has 1 heterocycles.